The van der Waals surface area contributed by atoms with Crippen LogP contribution in [0.4, 0.5) is 8.78 Å². The molecule has 0 saturated carbocycles. The van der Waals surface area contributed by atoms with E-state index in [9.17, 15) is 18.4 Å². The van der Waals surface area contributed by atoms with Crippen LogP contribution in [-0.4, -0.2) is 45.9 Å². The summed E-state index contributed by atoms with van der Waals surface area (Å²) in [5.74, 6) is 0.347. The molecule has 0 unspecified atom stereocenters. The van der Waals surface area contributed by atoms with E-state index >= 15 is 0 Å². The summed E-state index contributed by atoms with van der Waals surface area (Å²) in [4.78, 5) is 34.8. The van der Waals surface area contributed by atoms with Gasteiger partial charge in [-0.3, -0.25) is 9.59 Å². The van der Waals surface area contributed by atoms with Crippen molar-refractivity contribution in [2.24, 2.45) is 0 Å². The Morgan fingerprint density at radius 1 is 1.19 bits per heavy atom. The van der Waals surface area contributed by atoms with Crippen molar-refractivity contribution in [2.45, 2.75) is 44.9 Å². The van der Waals surface area contributed by atoms with Crippen molar-refractivity contribution in [1.82, 2.24) is 20.2 Å². The lowest BCUT2D eigenvalue weighted by molar-refractivity contribution is -0.138. The highest BCUT2D eigenvalue weighted by Gasteiger charge is 2.33. The molecule has 2 N–H and O–H groups in total. The minimum absolute atomic E-state index is 0.0213. The van der Waals surface area contributed by atoms with E-state index in [1.807, 2.05) is 24.3 Å². The number of aromatic nitrogens is 2. The molecule has 9 heteroatoms. The van der Waals surface area contributed by atoms with Crippen molar-refractivity contribution in [3.63, 3.8) is 0 Å². The van der Waals surface area contributed by atoms with Gasteiger partial charge in [-0.2, -0.15) is 8.78 Å². The number of nitrogens with one attached hydrogen (secondary N) is 2. The molecule has 1 saturated heterocycles. The summed E-state index contributed by atoms with van der Waals surface area (Å²) in [5.41, 5.74) is 2.22. The summed E-state index contributed by atoms with van der Waals surface area (Å²) in [6.45, 7) is -2.39. The largest absolute Gasteiger partial charge is 0.434 e. The number of carbonyl (C=O) groups excluding carboxylic acids is 2. The standard InChI is InChI=1S/C23H24F2N4O3/c24-23(25)32-19-10-4-1-6-15(19)14-26-22(31)18-9-5-13-29(18)21(30)12-11-20-27-16-7-2-3-8-17(16)28-20/h1-4,6-8,10,18,23H,5,9,11-14H2,(H,26,31)(H,27,28)/t18-/m0/s1. The summed E-state index contributed by atoms with van der Waals surface area (Å²) < 4.78 is 29.7. The van der Waals surface area contributed by atoms with Gasteiger partial charge in [-0.15, -0.1) is 0 Å². The molecule has 1 fully saturated rings. The number of amides is 2. The van der Waals surface area contributed by atoms with E-state index in [1.165, 1.54) is 6.07 Å². The summed E-state index contributed by atoms with van der Waals surface area (Å²) in [5, 5.41) is 2.75. The lowest BCUT2D eigenvalue weighted by Gasteiger charge is -2.24. The van der Waals surface area contributed by atoms with Crippen LogP contribution >= 0.6 is 0 Å². The summed E-state index contributed by atoms with van der Waals surface area (Å²) >= 11 is 0. The number of carbonyl (C=O) groups is 2. The van der Waals surface area contributed by atoms with Crippen LogP contribution in [0.5, 0.6) is 5.75 Å². The van der Waals surface area contributed by atoms with Gasteiger partial charge in [-0.05, 0) is 31.0 Å². The predicted octanol–water partition coefficient (Wildman–Crippen LogP) is 3.40. The van der Waals surface area contributed by atoms with Crippen LogP contribution in [0.15, 0.2) is 48.5 Å². The molecule has 1 atom stereocenters. The number of para-hydroxylation sites is 3. The normalized spacial score (nSPS) is 16.0. The molecule has 1 aliphatic heterocycles. The molecule has 1 aliphatic rings. The second-order valence-corrected chi connectivity index (χ2v) is 7.65. The summed E-state index contributed by atoms with van der Waals surface area (Å²) in [6.07, 6.45) is 2.00. The third-order valence-corrected chi connectivity index (χ3v) is 5.53. The van der Waals surface area contributed by atoms with Gasteiger partial charge in [0, 0.05) is 31.5 Å². The van der Waals surface area contributed by atoms with Crippen LogP contribution in [0, 0.1) is 0 Å². The number of hydrogen-bond donors (Lipinski definition) is 2. The molecular formula is C23H24F2N4O3. The Kier molecular flexibility index (Phi) is 6.63. The topological polar surface area (TPSA) is 87.3 Å². The predicted molar refractivity (Wildman–Crippen MR) is 114 cm³/mol. The highest BCUT2D eigenvalue weighted by Crippen LogP contribution is 2.22. The minimum Gasteiger partial charge on any atom is -0.434 e. The fraction of sp³-hybridized carbons (Fsp3) is 0.348. The van der Waals surface area contributed by atoms with Gasteiger partial charge >= 0.3 is 6.61 Å². The Hall–Kier alpha value is -3.49. The lowest BCUT2D eigenvalue weighted by atomic mass is 10.1. The van der Waals surface area contributed by atoms with E-state index in [-0.39, 0.29) is 30.5 Å². The molecule has 0 aliphatic carbocycles. The van der Waals surface area contributed by atoms with Crippen LogP contribution < -0.4 is 10.1 Å². The number of alkyl halides is 2. The van der Waals surface area contributed by atoms with Crippen molar-refractivity contribution < 1.29 is 23.1 Å². The number of likely N-dealkylation sites (tertiary alicyclic amines) is 1. The molecule has 168 valence electrons. The molecule has 3 aromatic rings. The van der Waals surface area contributed by atoms with Gasteiger partial charge in [0.05, 0.1) is 11.0 Å². The Morgan fingerprint density at radius 2 is 1.97 bits per heavy atom. The summed E-state index contributed by atoms with van der Waals surface area (Å²) in [7, 11) is 0. The molecule has 0 radical (unpaired) electrons. The van der Waals surface area contributed by atoms with Crippen molar-refractivity contribution in [3.05, 3.63) is 59.9 Å². The molecule has 0 spiro atoms. The van der Waals surface area contributed by atoms with Crippen LogP contribution in [0.25, 0.3) is 11.0 Å². The number of aromatic amines is 1. The zero-order valence-corrected chi connectivity index (χ0v) is 17.4. The SMILES string of the molecule is O=C(NCc1ccccc1OC(F)F)[C@@H]1CCCN1C(=O)CCc1nc2ccccc2[nH]1. The molecule has 2 amide bonds. The number of ether oxygens (including phenoxy) is 1. The van der Waals surface area contributed by atoms with Gasteiger partial charge in [0.2, 0.25) is 11.8 Å². The molecule has 32 heavy (non-hydrogen) atoms. The highest BCUT2D eigenvalue weighted by molar-refractivity contribution is 5.88. The highest BCUT2D eigenvalue weighted by atomic mass is 19.3. The van der Waals surface area contributed by atoms with Crippen molar-refractivity contribution in [3.8, 4) is 5.75 Å². The van der Waals surface area contributed by atoms with Gasteiger partial charge in [0.1, 0.15) is 17.6 Å². The Balaban J connectivity index is 1.33. The van der Waals surface area contributed by atoms with E-state index in [2.05, 4.69) is 20.0 Å². The van der Waals surface area contributed by atoms with Crippen LogP contribution in [0.3, 0.4) is 0 Å². The van der Waals surface area contributed by atoms with Crippen molar-refractivity contribution in [1.29, 1.82) is 0 Å². The second kappa shape index (κ2) is 9.76. The number of halogens is 2. The van der Waals surface area contributed by atoms with Crippen LogP contribution in [0.1, 0.15) is 30.7 Å². The average Bonchev–Trinajstić information content (AvgIpc) is 3.43. The fourth-order valence-electron chi connectivity index (χ4n) is 3.99. The van der Waals surface area contributed by atoms with Crippen LogP contribution in [0.2, 0.25) is 0 Å². The second-order valence-electron chi connectivity index (χ2n) is 7.65. The Labute approximate surface area is 183 Å². The molecule has 2 heterocycles. The van der Waals surface area contributed by atoms with Gasteiger partial charge in [0.15, 0.2) is 0 Å². The average molecular weight is 442 g/mol. The maximum absolute atomic E-state index is 12.8. The first-order valence-electron chi connectivity index (χ1n) is 10.5. The molecular weight excluding hydrogens is 418 g/mol. The van der Waals surface area contributed by atoms with Gasteiger partial charge < -0.3 is 19.9 Å². The number of benzene rings is 2. The smallest absolute Gasteiger partial charge is 0.387 e. The number of H-pyrrole nitrogens is 1. The maximum atomic E-state index is 12.8. The lowest BCUT2D eigenvalue weighted by Crippen LogP contribution is -2.45. The first kappa shape index (κ1) is 21.7. The Morgan fingerprint density at radius 3 is 2.78 bits per heavy atom. The molecule has 4 rings (SSSR count). The van der Waals surface area contributed by atoms with Crippen molar-refractivity contribution in [2.75, 3.05) is 6.54 Å². The van der Waals surface area contributed by atoms with Crippen LogP contribution in [-0.2, 0) is 22.6 Å². The van der Waals surface area contributed by atoms with E-state index < -0.39 is 12.7 Å². The quantitative estimate of drug-likeness (QED) is 0.560. The van der Waals surface area contributed by atoms with E-state index in [0.29, 0.717) is 24.9 Å². The number of rotatable bonds is 8. The van der Waals surface area contributed by atoms with E-state index in [1.54, 1.807) is 23.1 Å². The number of imidazole rings is 1. The van der Waals surface area contributed by atoms with E-state index in [0.717, 1.165) is 23.3 Å². The van der Waals surface area contributed by atoms with Gasteiger partial charge in [-0.25, -0.2) is 4.98 Å². The maximum Gasteiger partial charge on any atom is 0.387 e. The van der Waals surface area contributed by atoms with Gasteiger partial charge in [-0.1, -0.05) is 30.3 Å². The third kappa shape index (κ3) is 5.04. The van der Waals surface area contributed by atoms with Gasteiger partial charge in [0.25, 0.3) is 0 Å². The van der Waals surface area contributed by atoms with Crippen molar-refractivity contribution >= 4 is 22.8 Å². The molecule has 0 bridgehead atoms. The molecule has 1 aromatic heterocycles. The number of nitrogens with zero attached hydrogens (tertiary/aromatic N) is 2. The zero-order valence-electron chi connectivity index (χ0n) is 17.4. The van der Waals surface area contributed by atoms with E-state index in [4.69, 9.17) is 0 Å². The first-order valence-corrected chi connectivity index (χ1v) is 10.5. The number of hydrogen-bond acceptors (Lipinski definition) is 4. The third-order valence-electron chi connectivity index (χ3n) is 5.53. The summed E-state index contributed by atoms with van der Waals surface area (Å²) in [6, 6.07) is 13.4. The molecule has 2 aromatic carbocycles. The minimum atomic E-state index is -2.94. The Bertz CT molecular complexity index is 1070. The number of fused-ring (bicyclic) bond motifs is 1. The monoisotopic (exact) mass is 442 g/mol. The molecule has 7 nitrogen and oxygen atoms in total. The first-order chi connectivity index (χ1) is 15.5. The fourth-order valence-corrected chi connectivity index (χ4v) is 3.99. The number of aryl methyl sites for hydroxylation is 1. The zero-order chi connectivity index (χ0) is 22.5.